The molecule has 0 aliphatic heterocycles. The number of hydrogen-bond donors (Lipinski definition) is 0. The van der Waals surface area contributed by atoms with E-state index in [1.807, 2.05) is 35.9 Å². The third-order valence-corrected chi connectivity index (χ3v) is 1.98. The molecule has 0 fully saturated rings. The predicted molar refractivity (Wildman–Crippen MR) is 44.3 cm³/mol. The maximum absolute atomic E-state index is 5.30. The van der Waals surface area contributed by atoms with Crippen molar-refractivity contribution in [1.29, 1.82) is 0 Å². The molecule has 1 aliphatic carbocycles. The number of methoxy groups -OCH3 is 2. The molecule has 0 saturated heterocycles. The second kappa shape index (κ2) is 3.49. The molecule has 0 spiro atoms. The summed E-state index contributed by atoms with van der Waals surface area (Å²) in [5, 5.41) is 0. The van der Waals surface area contributed by atoms with Gasteiger partial charge in [0.1, 0.15) is 0 Å². The Bertz CT molecular complexity index is 198. The van der Waals surface area contributed by atoms with Crippen molar-refractivity contribution < 1.29 is 9.47 Å². The monoisotopic (exact) mass is 146 g/mol. The van der Waals surface area contributed by atoms with Gasteiger partial charge in [-0.1, -0.05) is 0 Å². The van der Waals surface area contributed by atoms with Crippen LogP contribution in [-0.4, -0.2) is 36.2 Å². The van der Waals surface area contributed by atoms with Gasteiger partial charge in [0.2, 0.25) is 0 Å². The van der Waals surface area contributed by atoms with E-state index in [1.165, 1.54) is 0 Å². The van der Waals surface area contributed by atoms with Crippen molar-refractivity contribution in [2.75, 3.05) is 14.2 Å². The molecule has 0 N–H and O–H groups in total. The topological polar surface area (TPSA) is 18.5 Å². The van der Waals surface area contributed by atoms with E-state index in [2.05, 4.69) is 0 Å². The summed E-state index contributed by atoms with van der Waals surface area (Å²) in [6, 6.07) is 0. The van der Waals surface area contributed by atoms with Gasteiger partial charge in [-0.15, -0.1) is 0 Å². The van der Waals surface area contributed by atoms with Crippen molar-refractivity contribution >= 4 is 17.7 Å². The van der Waals surface area contributed by atoms with Crippen LogP contribution in [0.25, 0.3) is 0 Å². The maximum atomic E-state index is 5.30. The molecule has 56 valence electrons. The summed E-state index contributed by atoms with van der Waals surface area (Å²) in [5.74, 6) is 0.969. The summed E-state index contributed by atoms with van der Waals surface area (Å²) in [7, 11) is 3.39. The van der Waals surface area contributed by atoms with E-state index in [4.69, 9.17) is 9.47 Å². The Kier molecular flexibility index (Phi) is 2.83. The zero-order chi connectivity index (χ0) is 8.32. The van der Waals surface area contributed by atoms with Crippen molar-refractivity contribution in [3.63, 3.8) is 0 Å². The minimum atomic E-state index is -0.180. The van der Waals surface area contributed by atoms with Crippen LogP contribution in [0.15, 0.2) is 24.0 Å². The van der Waals surface area contributed by atoms with E-state index in [0.717, 1.165) is 12.2 Å². The first-order chi connectivity index (χ1) is 5.20. The molecule has 1 rings (SSSR count). The van der Waals surface area contributed by atoms with Crippen LogP contribution in [0.5, 0.6) is 0 Å². The molecule has 11 heavy (non-hydrogen) atoms. The quantitative estimate of drug-likeness (QED) is 0.541. The average molecular weight is 146 g/mol. The summed E-state index contributed by atoms with van der Waals surface area (Å²) in [6.07, 6.45) is 6.78. The number of hydrogen-bond acceptors (Lipinski definition) is 2. The molecule has 0 saturated carbocycles. The average Bonchev–Trinajstić information content (AvgIpc) is 2.05. The summed E-state index contributed by atoms with van der Waals surface area (Å²) in [4.78, 5) is 0. The molecule has 0 aromatic heterocycles. The molecule has 0 amide bonds. The van der Waals surface area contributed by atoms with Crippen LogP contribution in [0.3, 0.4) is 0 Å². The Morgan fingerprint density at radius 1 is 1.55 bits per heavy atom. The second-order valence-electron chi connectivity index (χ2n) is 2.89. The molecular weight excluding hydrogens is 135 g/mol. The van der Waals surface area contributed by atoms with E-state index in [0.29, 0.717) is 0 Å². The normalized spacial score (nSPS) is 30.0. The van der Waals surface area contributed by atoms with Gasteiger partial charge in [-0.2, -0.15) is 0 Å². The number of rotatable bonds is 2. The zero-order valence-electron chi connectivity index (χ0n) is 7.26. The molecule has 0 aromatic rings. The van der Waals surface area contributed by atoms with Crippen molar-refractivity contribution in [3.8, 4) is 0 Å². The number of allylic oxidation sites excluding steroid dienone is 2. The van der Waals surface area contributed by atoms with Crippen LogP contribution in [-0.2, 0) is 9.47 Å². The second-order valence-corrected chi connectivity index (χ2v) is 2.89. The Balaban J connectivity index is 2.68. The zero-order valence-corrected chi connectivity index (χ0v) is 7.26. The van der Waals surface area contributed by atoms with Crippen LogP contribution in [0.2, 0.25) is 0 Å². The third kappa shape index (κ3) is 2.13. The van der Waals surface area contributed by atoms with Crippen molar-refractivity contribution in [2.24, 2.45) is 0 Å². The SMILES string of the molecule is [Li][C]1(OC)C=CC=C(OC)C1. The van der Waals surface area contributed by atoms with Crippen LogP contribution >= 0.6 is 0 Å². The minimum absolute atomic E-state index is 0.180. The molecule has 1 unspecified atom stereocenters. The van der Waals surface area contributed by atoms with Crippen molar-refractivity contribution in [1.82, 2.24) is 0 Å². The van der Waals surface area contributed by atoms with Gasteiger partial charge in [-0.05, 0) is 0 Å². The number of ether oxygens (including phenoxy) is 2. The summed E-state index contributed by atoms with van der Waals surface area (Å²) in [5.41, 5.74) is 0. The van der Waals surface area contributed by atoms with Crippen LogP contribution < -0.4 is 0 Å². The third-order valence-electron chi connectivity index (χ3n) is 1.98. The molecule has 0 aromatic carbocycles. The molecule has 2 nitrogen and oxygen atoms in total. The Morgan fingerprint density at radius 2 is 2.27 bits per heavy atom. The molecule has 0 bridgehead atoms. The van der Waals surface area contributed by atoms with Crippen LogP contribution in [0.1, 0.15) is 6.42 Å². The fourth-order valence-electron chi connectivity index (χ4n) is 1.10. The van der Waals surface area contributed by atoms with Gasteiger partial charge in [0.05, 0.1) is 0 Å². The Hall–Kier alpha value is -0.163. The van der Waals surface area contributed by atoms with Crippen LogP contribution in [0, 0.1) is 0 Å². The van der Waals surface area contributed by atoms with Gasteiger partial charge in [0.15, 0.2) is 0 Å². The Morgan fingerprint density at radius 3 is 2.82 bits per heavy atom. The van der Waals surface area contributed by atoms with E-state index < -0.39 is 0 Å². The van der Waals surface area contributed by atoms with E-state index in [9.17, 15) is 0 Å². The first-order valence-electron chi connectivity index (χ1n) is 3.68. The van der Waals surface area contributed by atoms with Crippen molar-refractivity contribution in [3.05, 3.63) is 24.0 Å². The Labute approximate surface area is 76.5 Å². The van der Waals surface area contributed by atoms with E-state index in [-0.39, 0.29) is 4.27 Å². The fraction of sp³-hybridized carbons (Fsp3) is 0.500. The summed E-state index contributed by atoms with van der Waals surface area (Å²) >= 11 is 2.04. The van der Waals surface area contributed by atoms with Gasteiger partial charge in [-0.25, -0.2) is 0 Å². The molecule has 0 radical (unpaired) electrons. The fourth-order valence-corrected chi connectivity index (χ4v) is 1.10. The van der Waals surface area contributed by atoms with Crippen molar-refractivity contribution in [2.45, 2.75) is 10.7 Å². The standard InChI is InChI=1S/C8H11O2.Li/c1-9-7-4-3-5-8(6-7)10-2;/h3-5H,6H2,1-2H3;. The molecule has 3 heteroatoms. The van der Waals surface area contributed by atoms with Gasteiger partial charge < -0.3 is 0 Å². The summed E-state index contributed by atoms with van der Waals surface area (Å²) < 4.78 is 10.2. The first kappa shape index (κ1) is 8.93. The molecule has 1 aliphatic rings. The molecule has 0 heterocycles. The molecule has 1 atom stereocenters. The predicted octanol–water partition coefficient (Wildman–Crippen LogP) is 0.988. The van der Waals surface area contributed by atoms with Crippen LogP contribution in [0.4, 0.5) is 0 Å². The van der Waals surface area contributed by atoms with Gasteiger partial charge in [-0.3, -0.25) is 0 Å². The van der Waals surface area contributed by atoms with E-state index in [1.54, 1.807) is 14.2 Å². The molecular formula is C8H11LiO2. The van der Waals surface area contributed by atoms with Gasteiger partial charge in [0.25, 0.3) is 0 Å². The first-order valence-corrected chi connectivity index (χ1v) is 3.68. The van der Waals surface area contributed by atoms with E-state index >= 15 is 0 Å². The summed E-state index contributed by atoms with van der Waals surface area (Å²) in [6.45, 7) is 0. The van der Waals surface area contributed by atoms with Gasteiger partial charge >= 0.3 is 76.1 Å². The van der Waals surface area contributed by atoms with Gasteiger partial charge in [0, 0.05) is 0 Å².